The lowest BCUT2D eigenvalue weighted by molar-refractivity contribution is -0.0512. The fourth-order valence-electron chi connectivity index (χ4n) is 2.10. The highest BCUT2D eigenvalue weighted by Gasteiger charge is 2.33. The summed E-state index contributed by atoms with van der Waals surface area (Å²) in [6.07, 6.45) is 1.13. The van der Waals surface area contributed by atoms with E-state index < -0.39 is 6.61 Å². The maximum absolute atomic E-state index is 12.4. The molecule has 5 nitrogen and oxygen atoms in total. The molecule has 2 N–H and O–H groups in total. The summed E-state index contributed by atoms with van der Waals surface area (Å²) in [5.74, 6) is 1.65. The summed E-state index contributed by atoms with van der Waals surface area (Å²) in [6, 6.07) is 5.38. The van der Waals surface area contributed by atoms with Gasteiger partial charge in [0, 0.05) is 19.6 Å². The lowest BCUT2D eigenvalue weighted by Crippen LogP contribution is -2.38. The Morgan fingerprint density at radius 3 is 2.61 bits per heavy atom. The summed E-state index contributed by atoms with van der Waals surface area (Å²) in [5.41, 5.74) is 0.795. The summed E-state index contributed by atoms with van der Waals surface area (Å²) in [4.78, 5) is 4.14. The van der Waals surface area contributed by atoms with Gasteiger partial charge >= 0.3 is 6.61 Å². The molecule has 0 heterocycles. The fraction of sp³-hybridized carbons (Fsp3) is 0.533. The van der Waals surface area contributed by atoms with E-state index in [-0.39, 0.29) is 35.5 Å². The smallest absolute Gasteiger partial charge is 0.387 e. The topological polar surface area (TPSA) is 54.9 Å². The molecular weight excluding hydrogens is 419 g/mol. The Kier molecular flexibility index (Phi) is 7.80. The van der Waals surface area contributed by atoms with Crippen LogP contribution in [0.5, 0.6) is 11.5 Å². The Labute approximate surface area is 151 Å². The Balaban J connectivity index is 0.00000264. The monoisotopic (exact) mass is 441 g/mol. The molecule has 1 aromatic carbocycles. The maximum Gasteiger partial charge on any atom is 0.387 e. The fourth-order valence-corrected chi connectivity index (χ4v) is 2.10. The van der Waals surface area contributed by atoms with E-state index in [1.807, 2.05) is 0 Å². The van der Waals surface area contributed by atoms with Gasteiger partial charge in [0.1, 0.15) is 0 Å². The van der Waals surface area contributed by atoms with E-state index in [0.717, 1.165) is 12.0 Å². The van der Waals surface area contributed by atoms with Crippen LogP contribution in [-0.4, -0.2) is 32.8 Å². The number of halogens is 3. The lowest BCUT2D eigenvalue weighted by atomic mass is 10.2. The second-order valence-electron chi connectivity index (χ2n) is 5.25. The lowest BCUT2D eigenvalue weighted by Gasteiger charge is -2.14. The first kappa shape index (κ1) is 19.7. The van der Waals surface area contributed by atoms with Gasteiger partial charge in [-0.15, -0.1) is 24.0 Å². The van der Waals surface area contributed by atoms with E-state index in [2.05, 4.69) is 27.3 Å². The molecule has 0 aromatic heterocycles. The quantitative estimate of drug-likeness (QED) is 0.405. The van der Waals surface area contributed by atoms with Crippen molar-refractivity contribution in [2.75, 3.05) is 14.2 Å². The highest BCUT2D eigenvalue weighted by molar-refractivity contribution is 14.0. The Morgan fingerprint density at radius 2 is 2.09 bits per heavy atom. The molecule has 23 heavy (non-hydrogen) atoms. The Bertz CT molecular complexity index is 543. The van der Waals surface area contributed by atoms with Gasteiger partial charge in [0.15, 0.2) is 17.5 Å². The summed E-state index contributed by atoms with van der Waals surface area (Å²) in [6.45, 7) is -0.268. The molecule has 0 saturated heterocycles. The second kappa shape index (κ2) is 9.09. The van der Waals surface area contributed by atoms with Crippen molar-refractivity contribution >= 4 is 29.9 Å². The number of methoxy groups -OCH3 is 1. The zero-order valence-electron chi connectivity index (χ0n) is 13.3. The van der Waals surface area contributed by atoms with Crippen molar-refractivity contribution in [1.82, 2.24) is 10.6 Å². The average molecular weight is 441 g/mol. The number of benzene rings is 1. The molecule has 1 aliphatic carbocycles. The van der Waals surface area contributed by atoms with Gasteiger partial charge in [-0.05, 0) is 30.0 Å². The van der Waals surface area contributed by atoms with Gasteiger partial charge in [-0.3, -0.25) is 4.99 Å². The molecule has 0 bridgehead atoms. The third-order valence-electron chi connectivity index (χ3n) is 3.56. The minimum Gasteiger partial charge on any atom is -0.493 e. The zero-order chi connectivity index (χ0) is 16.1. The number of nitrogens with zero attached hydrogens (tertiary/aromatic N) is 1. The van der Waals surface area contributed by atoms with Crippen LogP contribution in [0.3, 0.4) is 0 Å². The van der Waals surface area contributed by atoms with Crippen LogP contribution in [0.4, 0.5) is 8.78 Å². The van der Waals surface area contributed by atoms with Crippen LogP contribution in [0.1, 0.15) is 18.9 Å². The number of hydrogen-bond acceptors (Lipinski definition) is 3. The molecule has 2 atom stereocenters. The van der Waals surface area contributed by atoms with E-state index in [1.54, 1.807) is 19.2 Å². The molecule has 1 aromatic rings. The minimum absolute atomic E-state index is 0. The first-order valence-corrected chi connectivity index (χ1v) is 7.12. The first-order chi connectivity index (χ1) is 10.5. The SMILES string of the molecule is CN=C(NCc1ccc(OC)c(OC(F)F)c1)NC1CC1C.I. The van der Waals surface area contributed by atoms with Gasteiger partial charge in [0.2, 0.25) is 0 Å². The van der Waals surface area contributed by atoms with E-state index in [4.69, 9.17) is 4.74 Å². The Morgan fingerprint density at radius 1 is 1.39 bits per heavy atom. The van der Waals surface area contributed by atoms with Crippen molar-refractivity contribution in [1.29, 1.82) is 0 Å². The molecule has 1 saturated carbocycles. The van der Waals surface area contributed by atoms with Crippen LogP contribution in [0, 0.1) is 5.92 Å². The van der Waals surface area contributed by atoms with E-state index in [9.17, 15) is 8.78 Å². The van der Waals surface area contributed by atoms with Gasteiger partial charge < -0.3 is 20.1 Å². The van der Waals surface area contributed by atoms with Crippen molar-refractivity contribution in [2.45, 2.75) is 32.5 Å². The molecule has 2 rings (SSSR count). The number of aliphatic imine (C=N–C) groups is 1. The predicted octanol–water partition coefficient (Wildman–Crippen LogP) is 2.99. The summed E-state index contributed by atoms with van der Waals surface area (Å²) < 4.78 is 34.3. The van der Waals surface area contributed by atoms with Gasteiger partial charge in [-0.25, -0.2) is 0 Å². The number of alkyl halides is 2. The van der Waals surface area contributed by atoms with Crippen LogP contribution in [0.15, 0.2) is 23.2 Å². The molecule has 0 aliphatic heterocycles. The molecule has 8 heteroatoms. The molecule has 2 unspecified atom stereocenters. The normalized spacial score (nSPS) is 19.8. The highest BCUT2D eigenvalue weighted by atomic mass is 127. The van der Waals surface area contributed by atoms with E-state index >= 15 is 0 Å². The van der Waals surface area contributed by atoms with Gasteiger partial charge in [-0.2, -0.15) is 8.78 Å². The summed E-state index contributed by atoms with van der Waals surface area (Å²) in [7, 11) is 3.11. The molecular formula is C15H22F2IN3O2. The number of rotatable bonds is 6. The van der Waals surface area contributed by atoms with Crippen LogP contribution < -0.4 is 20.1 Å². The van der Waals surface area contributed by atoms with E-state index in [1.165, 1.54) is 13.2 Å². The summed E-state index contributed by atoms with van der Waals surface area (Å²) in [5, 5.41) is 6.44. The van der Waals surface area contributed by atoms with Gasteiger partial charge in [-0.1, -0.05) is 13.0 Å². The third kappa shape index (κ3) is 6.00. The van der Waals surface area contributed by atoms with Gasteiger partial charge in [0.05, 0.1) is 7.11 Å². The molecule has 1 fully saturated rings. The minimum atomic E-state index is -2.89. The molecule has 0 spiro atoms. The number of guanidine groups is 1. The van der Waals surface area contributed by atoms with Crippen molar-refractivity contribution in [3.8, 4) is 11.5 Å². The molecule has 130 valence electrons. The second-order valence-corrected chi connectivity index (χ2v) is 5.25. The largest absolute Gasteiger partial charge is 0.493 e. The van der Waals surface area contributed by atoms with Crippen molar-refractivity contribution < 1.29 is 18.3 Å². The van der Waals surface area contributed by atoms with Crippen LogP contribution in [0.25, 0.3) is 0 Å². The zero-order valence-corrected chi connectivity index (χ0v) is 15.6. The highest BCUT2D eigenvalue weighted by Crippen LogP contribution is 2.30. The summed E-state index contributed by atoms with van der Waals surface area (Å²) >= 11 is 0. The Hall–Kier alpha value is -1.32. The van der Waals surface area contributed by atoms with Crippen molar-refractivity contribution in [2.24, 2.45) is 10.9 Å². The van der Waals surface area contributed by atoms with Crippen molar-refractivity contribution in [3.05, 3.63) is 23.8 Å². The van der Waals surface area contributed by atoms with E-state index in [0.29, 0.717) is 24.5 Å². The molecule has 0 amide bonds. The number of nitrogens with one attached hydrogen (secondary N) is 2. The average Bonchev–Trinajstić information content (AvgIpc) is 3.18. The van der Waals surface area contributed by atoms with Crippen LogP contribution >= 0.6 is 24.0 Å². The number of ether oxygens (including phenoxy) is 2. The van der Waals surface area contributed by atoms with Gasteiger partial charge in [0.25, 0.3) is 0 Å². The third-order valence-corrected chi connectivity index (χ3v) is 3.56. The maximum atomic E-state index is 12.4. The van der Waals surface area contributed by atoms with Crippen LogP contribution in [0.2, 0.25) is 0 Å². The van der Waals surface area contributed by atoms with Crippen molar-refractivity contribution in [3.63, 3.8) is 0 Å². The van der Waals surface area contributed by atoms with Crippen LogP contribution in [-0.2, 0) is 6.54 Å². The molecule has 0 radical (unpaired) electrons. The first-order valence-electron chi connectivity index (χ1n) is 7.12. The molecule has 1 aliphatic rings. The predicted molar refractivity (Wildman–Crippen MR) is 95.9 cm³/mol. The number of hydrogen-bond donors (Lipinski definition) is 2. The standard InChI is InChI=1S/C15H21F2N3O2.HI/c1-9-6-11(9)20-15(18-2)19-8-10-4-5-12(21-3)13(7-10)22-14(16)17;/h4-5,7,9,11,14H,6,8H2,1-3H3,(H2,18,19,20);1H.